The number of ether oxygens (including phenoxy) is 11. The molecule has 0 unspecified atom stereocenters. The number of hydrogen-bond acceptors (Lipinski definition) is 19. The molecule has 0 atom stereocenters. The molecule has 0 amide bonds. The Kier molecular flexibility index (Phi) is 38.8. The van der Waals surface area contributed by atoms with Gasteiger partial charge in [0, 0.05) is 11.8 Å². The van der Waals surface area contributed by atoms with Gasteiger partial charge in [0.25, 0.3) is 0 Å². The second kappa shape index (κ2) is 47.5. The molecule has 0 radical (unpaired) electrons. The van der Waals surface area contributed by atoms with E-state index in [1.807, 2.05) is 0 Å². The van der Waals surface area contributed by atoms with Gasteiger partial charge in [-0.3, -0.25) is 0 Å². The molecule has 0 bridgehead atoms. The van der Waals surface area contributed by atoms with Crippen LogP contribution in [-0.4, -0.2) is 111 Å². The lowest BCUT2D eigenvalue weighted by molar-refractivity contribution is -0.286. The topological polar surface area (TPSA) is 191 Å². The average Bonchev–Trinajstić information content (AvgIpc) is 2.89. The van der Waals surface area contributed by atoms with Crippen molar-refractivity contribution in [1.82, 2.24) is 0 Å². The molecule has 0 aromatic heterocycles. The van der Waals surface area contributed by atoms with Gasteiger partial charge in [0.1, 0.15) is 31.3 Å². The van der Waals surface area contributed by atoms with Gasteiger partial charge in [-0.1, -0.05) is 74.1 Å². The lowest BCUT2D eigenvalue weighted by Gasteiger charge is -2.18. The highest BCUT2D eigenvalue weighted by atomic mass is 17.2. The summed E-state index contributed by atoms with van der Waals surface area (Å²) in [5.41, 5.74) is 2.38. The van der Waals surface area contributed by atoms with Crippen molar-refractivity contribution >= 4 is 11.9 Å². The predicted octanol–water partition coefficient (Wildman–Crippen LogP) is 13.1. The van der Waals surface area contributed by atoms with Crippen LogP contribution in [0.15, 0.2) is 149 Å². The lowest BCUT2D eigenvalue weighted by atomic mass is 10.1. The summed E-state index contributed by atoms with van der Waals surface area (Å²) in [7, 11) is 0. The van der Waals surface area contributed by atoms with E-state index in [-0.39, 0.29) is 31.3 Å². The highest BCUT2D eigenvalue weighted by molar-refractivity contribution is 5.92. The van der Waals surface area contributed by atoms with Gasteiger partial charge >= 0.3 is 11.9 Å². The van der Waals surface area contributed by atoms with Crippen LogP contribution in [0.2, 0.25) is 0 Å². The number of carbonyl (C=O) groups excluding carboxylic acids is 2. The molecular formula is C69H84O19. The van der Waals surface area contributed by atoms with E-state index in [0.717, 1.165) is 24.0 Å². The first kappa shape index (κ1) is 71.8. The van der Waals surface area contributed by atoms with Gasteiger partial charge in [0.2, 0.25) is 11.5 Å². The van der Waals surface area contributed by atoms with E-state index in [0.29, 0.717) is 189 Å². The van der Waals surface area contributed by atoms with Crippen LogP contribution in [0.4, 0.5) is 0 Å². The monoisotopic (exact) mass is 1220 g/mol. The first-order valence-corrected chi connectivity index (χ1v) is 29.4. The molecule has 474 valence electrons. The molecule has 0 spiro atoms. The fourth-order valence-electron chi connectivity index (χ4n) is 7.43. The molecule has 0 aliphatic rings. The second-order valence-electron chi connectivity index (χ2n) is 18.5. The molecule has 4 rings (SSSR count). The molecule has 4 aromatic carbocycles. The zero-order valence-corrected chi connectivity index (χ0v) is 50.5. The molecule has 0 fully saturated rings. The van der Waals surface area contributed by atoms with Crippen molar-refractivity contribution in [2.75, 3.05) is 99.1 Å². The van der Waals surface area contributed by atoms with Crippen LogP contribution in [0.5, 0.6) is 46.0 Å². The Morgan fingerprint density at radius 1 is 0.330 bits per heavy atom. The smallest absolute Gasteiger partial charge is 0.390 e. The third-order valence-electron chi connectivity index (χ3n) is 11.7. The highest BCUT2D eigenvalue weighted by Crippen LogP contribution is 2.42. The largest absolute Gasteiger partial charge is 0.502 e. The summed E-state index contributed by atoms with van der Waals surface area (Å²) in [4.78, 5) is 57.1. The molecule has 4 aromatic rings. The molecule has 0 aliphatic carbocycles. The Morgan fingerprint density at radius 2 is 0.625 bits per heavy atom. The quantitative estimate of drug-likeness (QED) is 0.00592. The summed E-state index contributed by atoms with van der Waals surface area (Å²) in [5, 5.41) is 0. The minimum Gasteiger partial charge on any atom is -0.502 e. The third-order valence-corrected chi connectivity index (χ3v) is 11.7. The van der Waals surface area contributed by atoms with Gasteiger partial charge in [-0.2, -0.15) is 0 Å². The van der Waals surface area contributed by atoms with E-state index < -0.39 is 11.9 Å². The Hall–Kier alpha value is -8.66. The van der Waals surface area contributed by atoms with Crippen LogP contribution in [0.1, 0.15) is 88.2 Å². The summed E-state index contributed by atoms with van der Waals surface area (Å²) in [6.45, 7) is 27.0. The van der Waals surface area contributed by atoms with Crippen LogP contribution >= 0.6 is 0 Å². The van der Waals surface area contributed by atoms with Gasteiger partial charge in [-0.25, -0.2) is 38.9 Å². The fraction of sp³-hybridized carbons (Fsp3) is 0.391. The number of rotatable bonds is 51. The van der Waals surface area contributed by atoms with Crippen LogP contribution in [-0.2, 0) is 53.1 Å². The van der Waals surface area contributed by atoms with Crippen LogP contribution in [0.3, 0.4) is 0 Å². The van der Waals surface area contributed by atoms with Crippen LogP contribution < -0.4 is 37.9 Å². The average molecular weight is 1220 g/mol. The molecule has 0 saturated heterocycles. The minimum absolute atomic E-state index is 0.267. The molecule has 0 heterocycles. The van der Waals surface area contributed by atoms with Crippen molar-refractivity contribution in [1.29, 1.82) is 0 Å². The van der Waals surface area contributed by atoms with E-state index in [9.17, 15) is 9.59 Å². The summed E-state index contributed by atoms with van der Waals surface area (Å²) in [5.74, 6) is 12.2. The molecule has 19 heteroatoms. The number of unbranched alkanes of at least 4 members (excludes halogenated alkanes) is 6. The number of esters is 2. The number of benzene rings is 4. The van der Waals surface area contributed by atoms with Gasteiger partial charge < -0.3 is 52.1 Å². The van der Waals surface area contributed by atoms with Crippen molar-refractivity contribution in [2.45, 2.75) is 77.0 Å². The normalized spacial score (nSPS) is 10.4. The van der Waals surface area contributed by atoms with Crippen molar-refractivity contribution in [3.63, 3.8) is 0 Å². The first-order chi connectivity index (χ1) is 43.3. The Balaban J connectivity index is 1.47. The van der Waals surface area contributed by atoms with Gasteiger partial charge in [0.15, 0.2) is 23.0 Å². The van der Waals surface area contributed by atoms with Gasteiger partial charge in [0.05, 0.1) is 109 Å². The van der Waals surface area contributed by atoms with E-state index >= 15 is 0 Å². The second-order valence-corrected chi connectivity index (χ2v) is 18.5. The van der Waals surface area contributed by atoms with Crippen molar-refractivity contribution in [3.05, 3.63) is 160 Å². The molecule has 0 N–H and O–H groups in total. The SMILES string of the molecule is C=CCOOCCCCOc1ccc(C#CC(=O)Oc2ccc(-c3ccc(OC(=O)C#Cc4ccc(OCCCCOC=C)c(OCCCCOC=C)c4OCCCCOOCC=C)cc3)cc2)c(OCCCCOC=C)c1OCCCCOOCC=C. The van der Waals surface area contributed by atoms with Crippen LogP contribution in [0, 0.1) is 23.7 Å². The minimum atomic E-state index is -0.801. The predicted molar refractivity (Wildman–Crippen MR) is 333 cm³/mol. The summed E-state index contributed by atoms with van der Waals surface area (Å²) in [6.07, 6.45) is 17.1. The summed E-state index contributed by atoms with van der Waals surface area (Å²) >= 11 is 0. The van der Waals surface area contributed by atoms with E-state index in [2.05, 4.69) is 63.2 Å². The summed E-state index contributed by atoms with van der Waals surface area (Å²) < 4.78 is 64.8. The Morgan fingerprint density at radius 3 is 0.943 bits per heavy atom. The van der Waals surface area contributed by atoms with Crippen molar-refractivity contribution in [2.24, 2.45) is 0 Å². The Bertz CT molecular complexity index is 2810. The van der Waals surface area contributed by atoms with Crippen LogP contribution in [0.25, 0.3) is 11.1 Å². The zero-order chi connectivity index (χ0) is 62.8. The number of carbonyl (C=O) groups is 2. The zero-order valence-electron chi connectivity index (χ0n) is 50.5. The Labute approximate surface area is 518 Å². The first-order valence-electron chi connectivity index (χ1n) is 29.4. The van der Waals surface area contributed by atoms with Crippen molar-refractivity contribution < 1.29 is 91.0 Å². The molecule has 0 aliphatic heterocycles. The van der Waals surface area contributed by atoms with E-state index in [4.69, 9.17) is 81.4 Å². The molecule has 88 heavy (non-hydrogen) atoms. The van der Waals surface area contributed by atoms with Gasteiger partial charge in [-0.15, -0.1) is 19.7 Å². The van der Waals surface area contributed by atoms with Gasteiger partial charge in [-0.05, 0) is 137 Å². The molecular weight excluding hydrogens is 1130 g/mol. The summed E-state index contributed by atoms with van der Waals surface area (Å²) in [6, 6.07) is 20.7. The van der Waals surface area contributed by atoms with E-state index in [1.54, 1.807) is 91.0 Å². The number of hydrogen-bond donors (Lipinski definition) is 0. The maximum atomic E-state index is 13.3. The standard InChI is InChI=1S/C69H84O19/c1-7-41-81-84-53-22-19-48-76-63-38-30-58(66(77-49-17-14-45-73-11-5)69(63)80-52-21-24-55-86-83-43-9-3)31-39-64(70)87-60-33-25-56(26-34-60)57-27-35-61(36-28-57)88-65(71)40-32-59-29-37-62(75-47-16-13-44-72-10-4)68(79-51-18-15-46-74-12-6)67(59)78-50-20-23-54-85-82-42-8-2/h7-12,25-30,33-38H,1-6,13-24,41-55H2. The highest BCUT2D eigenvalue weighted by Gasteiger charge is 2.20. The molecule has 19 nitrogen and oxygen atoms in total. The third kappa shape index (κ3) is 30.6. The fourth-order valence-corrected chi connectivity index (χ4v) is 7.43. The van der Waals surface area contributed by atoms with E-state index in [1.165, 1.54) is 18.8 Å². The molecule has 0 saturated carbocycles. The maximum Gasteiger partial charge on any atom is 0.390 e. The maximum absolute atomic E-state index is 13.3. The van der Waals surface area contributed by atoms with Crippen molar-refractivity contribution in [3.8, 4) is 80.8 Å². The lowest BCUT2D eigenvalue weighted by Crippen LogP contribution is -2.09.